The van der Waals surface area contributed by atoms with E-state index in [1.807, 2.05) is 26.8 Å². The lowest BCUT2D eigenvalue weighted by Gasteiger charge is -2.15. The number of hydrogen-bond acceptors (Lipinski definition) is 1. The summed E-state index contributed by atoms with van der Waals surface area (Å²) in [5.41, 5.74) is 8.62. The summed E-state index contributed by atoms with van der Waals surface area (Å²) in [6, 6.07) is 0. The molecule has 0 bridgehead atoms. The lowest BCUT2D eigenvalue weighted by Crippen LogP contribution is -2.04. The maximum atomic E-state index is 5.84. The van der Waals surface area contributed by atoms with Gasteiger partial charge in [-0.05, 0) is 36.8 Å². The van der Waals surface area contributed by atoms with Gasteiger partial charge in [0.1, 0.15) is 0 Å². The summed E-state index contributed by atoms with van der Waals surface area (Å²) in [7, 11) is 0. The second-order valence-electron chi connectivity index (χ2n) is 4.95. The SMILES string of the molecule is C=C(C)/C(N)=C\C(=C)C(C)CCC(C)CC.CC. The van der Waals surface area contributed by atoms with E-state index < -0.39 is 0 Å². The van der Waals surface area contributed by atoms with Crippen LogP contribution in [0.3, 0.4) is 0 Å². The van der Waals surface area contributed by atoms with E-state index in [1.165, 1.54) is 19.3 Å². The third-order valence-electron chi connectivity index (χ3n) is 3.26. The van der Waals surface area contributed by atoms with Crippen molar-refractivity contribution in [3.63, 3.8) is 0 Å². The number of allylic oxidation sites excluding steroid dienone is 3. The summed E-state index contributed by atoms with van der Waals surface area (Å²) in [6.45, 7) is 20.6. The number of hydrogen-bond donors (Lipinski definition) is 1. The van der Waals surface area contributed by atoms with Gasteiger partial charge in [0.05, 0.1) is 0 Å². The van der Waals surface area contributed by atoms with Crippen LogP contribution in [0.4, 0.5) is 0 Å². The Hall–Kier alpha value is -0.980. The van der Waals surface area contributed by atoms with Crippen molar-refractivity contribution in [3.8, 4) is 0 Å². The normalized spacial score (nSPS) is 14.2. The fourth-order valence-electron chi connectivity index (χ4n) is 1.39. The average Bonchev–Trinajstić information content (AvgIpc) is 2.37. The molecule has 0 heterocycles. The van der Waals surface area contributed by atoms with Gasteiger partial charge in [-0.2, -0.15) is 0 Å². The van der Waals surface area contributed by atoms with E-state index in [0.29, 0.717) is 5.92 Å². The van der Waals surface area contributed by atoms with Gasteiger partial charge in [0.15, 0.2) is 0 Å². The predicted octanol–water partition coefficient (Wildman–Crippen LogP) is 5.45. The molecule has 0 aliphatic heterocycles. The molecular formula is C17H33N. The fourth-order valence-corrected chi connectivity index (χ4v) is 1.39. The van der Waals surface area contributed by atoms with E-state index in [0.717, 1.165) is 22.8 Å². The fraction of sp³-hybridized carbons (Fsp3) is 0.647. The van der Waals surface area contributed by atoms with Crippen LogP contribution in [0.5, 0.6) is 0 Å². The smallest absolute Gasteiger partial charge is 0.0340 e. The summed E-state index contributed by atoms with van der Waals surface area (Å²) in [5, 5.41) is 0. The van der Waals surface area contributed by atoms with E-state index in [9.17, 15) is 0 Å². The maximum absolute atomic E-state index is 5.84. The topological polar surface area (TPSA) is 26.0 Å². The highest BCUT2D eigenvalue weighted by molar-refractivity contribution is 5.31. The molecule has 1 heteroatoms. The van der Waals surface area contributed by atoms with Crippen LogP contribution in [0.1, 0.15) is 60.8 Å². The van der Waals surface area contributed by atoms with Gasteiger partial charge in [-0.15, -0.1) is 0 Å². The first-order chi connectivity index (χ1) is 8.38. The Morgan fingerprint density at radius 3 is 2.06 bits per heavy atom. The Kier molecular flexibility index (Phi) is 12.0. The van der Waals surface area contributed by atoms with E-state index in [1.54, 1.807) is 0 Å². The minimum absolute atomic E-state index is 0.506. The molecule has 0 aromatic heterocycles. The first-order valence-corrected chi connectivity index (χ1v) is 7.20. The number of nitrogens with two attached hydrogens (primary N) is 1. The Balaban J connectivity index is 0. The molecule has 0 fully saturated rings. The molecule has 0 saturated heterocycles. The Morgan fingerprint density at radius 2 is 1.67 bits per heavy atom. The lowest BCUT2D eigenvalue weighted by molar-refractivity contribution is 0.454. The second kappa shape index (κ2) is 11.1. The molecule has 0 aliphatic carbocycles. The van der Waals surface area contributed by atoms with Gasteiger partial charge in [0.25, 0.3) is 0 Å². The third-order valence-corrected chi connectivity index (χ3v) is 3.26. The molecule has 0 radical (unpaired) electrons. The highest BCUT2D eigenvalue weighted by Crippen LogP contribution is 2.21. The summed E-state index contributed by atoms with van der Waals surface area (Å²) in [6.07, 6.45) is 5.66. The lowest BCUT2D eigenvalue weighted by atomic mass is 9.91. The van der Waals surface area contributed by atoms with E-state index in [4.69, 9.17) is 5.73 Å². The van der Waals surface area contributed by atoms with Crippen LogP contribution in [-0.2, 0) is 0 Å². The Bertz CT molecular complexity index is 273. The van der Waals surface area contributed by atoms with Gasteiger partial charge in [-0.1, -0.05) is 66.2 Å². The van der Waals surface area contributed by atoms with E-state index >= 15 is 0 Å². The molecule has 1 nitrogen and oxygen atoms in total. The standard InChI is InChI=1S/C15H27N.C2H6/c1-7-12(4)8-9-13(5)14(6)10-15(16)11(2)3;1-2/h10,12-13H,2,6-9,16H2,1,3-5H3;1-2H3/b15-10+;. The predicted molar refractivity (Wildman–Crippen MR) is 85.4 cm³/mol. The van der Waals surface area contributed by atoms with Gasteiger partial charge >= 0.3 is 0 Å². The highest BCUT2D eigenvalue weighted by Gasteiger charge is 2.07. The van der Waals surface area contributed by atoms with Crippen molar-refractivity contribution in [3.05, 3.63) is 36.1 Å². The van der Waals surface area contributed by atoms with Crippen molar-refractivity contribution in [2.24, 2.45) is 17.6 Å². The molecule has 2 N–H and O–H groups in total. The minimum Gasteiger partial charge on any atom is -0.399 e. The first-order valence-electron chi connectivity index (χ1n) is 7.20. The molecule has 106 valence electrons. The van der Waals surface area contributed by atoms with Crippen LogP contribution in [0.2, 0.25) is 0 Å². The second-order valence-corrected chi connectivity index (χ2v) is 4.95. The molecule has 0 aromatic carbocycles. The van der Waals surface area contributed by atoms with Gasteiger partial charge in [-0.25, -0.2) is 0 Å². The van der Waals surface area contributed by atoms with Crippen LogP contribution >= 0.6 is 0 Å². The summed E-state index contributed by atoms with van der Waals surface area (Å²) < 4.78 is 0. The zero-order valence-corrected chi connectivity index (χ0v) is 13.3. The van der Waals surface area contributed by atoms with Crippen molar-refractivity contribution in [2.75, 3.05) is 0 Å². The zero-order chi connectivity index (χ0) is 14.7. The maximum Gasteiger partial charge on any atom is 0.0340 e. The molecule has 2 unspecified atom stereocenters. The third kappa shape index (κ3) is 9.09. The largest absolute Gasteiger partial charge is 0.399 e. The zero-order valence-electron chi connectivity index (χ0n) is 13.3. The van der Waals surface area contributed by atoms with Gasteiger partial charge in [0, 0.05) is 5.70 Å². The van der Waals surface area contributed by atoms with Crippen LogP contribution < -0.4 is 5.73 Å². The van der Waals surface area contributed by atoms with Crippen molar-refractivity contribution < 1.29 is 0 Å². The van der Waals surface area contributed by atoms with Gasteiger partial charge in [-0.3, -0.25) is 0 Å². The molecule has 0 saturated carbocycles. The monoisotopic (exact) mass is 251 g/mol. The average molecular weight is 251 g/mol. The molecule has 0 aromatic rings. The quantitative estimate of drug-likeness (QED) is 0.598. The van der Waals surface area contributed by atoms with Crippen molar-refractivity contribution in [1.82, 2.24) is 0 Å². The van der Waals surface area contributed by atoms with Crippen LogP contribution in [0.25, 0.3) is 0 Å². The summed E-state index contributed by atoms with van der Waals surface area (Å²) >= 11 is 0. The highest BCUT2D eigenvalue weighted by atomic mass is 14.6. The first kappa shape index (κ1) is 19.4. The van der Waals surface area contributed by atoms with Crippen LogP contribution in [0, 0.1) is 11.8 Å². The minimum atomic E-state index is 0.506. The van der Waals surface area contributed by atoms with Crippen molar-refractivity contribution in [1.29, 1.82) is 0 Å². The van der Waals surface area contributed by atoms with Gasteiger partial charge in [0.2, 0.25) is 0 Å². The Morgan fingerprint density at radius 1 is 1.17 bits per heavy atom. The molecule has 0 spiro atoms. The van der Waals surface area contributed by atoms with Crippen molar-refractivity contribution >= 4 is 0 Å². The Labute approximate surface area is 115 Å². The summed E-state index contributed by atoms with van der Waals surface area (Å²) in [4.78, 5) is 0. The molecule has 0 aliphatic rings. The van der Waals surface area contributed by atoms with E-state index in [-0.39, 0.29) is 0 Å². The van der Waals surface area contributed by atoms with Crippen LogP contribution in [0.15, 0.2) is 36.1 Å². The molecule has 0 amide bonds. The van der Waals surface area contributed by atoms with Crippen molar-refractivity contribution in [2.45, 2.75) is 60.8 Å². The molecule has 2 atom stereocenters. The van der Waals surface area contributed by atoms with Gasteiger partial charge < -0.3 is 5.73 Å². The molecule has 0 rings (SSSR count). The van der Waals surface area contributed by atoms with Crippen LogP contribution in [-0.4, -0.2) is 0 Å². The van der Waals surface area contributed by atoms with E-state index in [2.05, 4.69) is 33.9 Å². The summed E-state index contributed by atoms with van der Waals surface area (Å²) in [5.74, 6) is 1.31. The molecule has 18 heavy (non-hydrogen) atoms. The molecular weight excluding hydrogens is 218 g/mol. The number of rotatable bonds is 7.